The van der Waals surface area contributed by atoms with Crippen LogP contribution in [0.25, 0.3) is 0 Å². The van der Waals surface area contributed by atoms with E-state index in [9.17, 15) is 4.79 Å². The standard InChI is InChI=1S/C5H9BNO3/c1-4(5(8)9-3)7-10-6-2/h7H,1H2,2-3H3. The second-order valence-corrected chi connectivity index (χ2v) is 1.43. The Morgan fingerprint density at radius 3 is 2.70 bits per heavy atom. The van der Waals surface area contributed by atoms with Crippen LogP contribution in [0.5, 0.6) is 0 Å². The Morgan fingerprint density at radius 2 is 2.30 bits per heavy atom. The van der Waals surface area contributed by atoms with E-state index in [-0.39, 0.29) is 5.70 Å². The lowest BCUT2D eigenvalue weighted by Crippen LogP contribution is -2.21. The van der Waals surface area contributed by atoms with Crippen LogP contribution in [0, 0.1) is 0 Å². The molecule has 0 bridgehead atoms. The molecule has 0 amide bonds. The summed E-state index contributed by atoms with van der Waals surface area (Å²) in [6, 6.07) is 0. The monoisotopic (exact) mass is 142 g/mol. The van der Waals surface area contributed by atoms with Crippen LogP contribution < -0.4 is 5.48 Å². The van der Waals surface area contributed by atoms with Crippen molar-refractivity contribution >= 4 is 13.5 Å². The average Bonchev–Trinajstić information content (AvgIpc) is 1.98. The van der Waals surface area contributed by atoms with Crippen LogP contribution in [0.1, 0.15) is 0 Å². The molecule has 1 N–H and O–H groups in total. The maximum absolute atomic E-state index is 10.5. The Bertz CT molecular complexity index is 137. The molecule has 0 aromatic rings. The quantitative estimate of drug-likeness (QED) is 0.257. The molecule has 0 aliphatic rings. The van der Waals surface area contributed by atoms with E-state index in [1.807, 2.05) is 0 Å². The van der Waals surface area contributed by atoms with Gasteiger partial charge in [0.2, 0.25) is 0 Å². The highest BCUT2D eigenvalue weighted by molar-refractivity contribution is 6.24. The third-order valence-corrected chi connectivity index (χ3v) is 0.732. The summed E-state index contributed by atoms with van der Waals surface area (Å²) in [6.45, 7) is 5.00. The molecule has 0 aliphatic heterocycles. The molecule has 0 heterocycles. The smallest absolute Gasteiger partial charge is 0.355 e. The number of ether oxygens (including phenoxy) is 1. The zero-order chi connectivity index (χ0) is 7.98. The zero-order valence-corrected chi connectivity index (χ0v) is 6.01. The Kier molecular flexibility index (Phi) is 4.40. The molecule has 4 nitrogen and oxygen atoms in total. The molecule has 0 rings (SSSR count). The molecule has 0 aliphatic carbocycles. The maximum Gasteiger partial charge on any atom is 0.355 e. The van der Waals surface area contributed by atoms with Crippen molar-refractivity contribution in [3.05, 3.63) is 12.3 Å². The maximum atomic E-state index is 10.5. The van der Waals surface area contributed by atoms with Gasteiger partial charge in [-0.1, -0.05) is 13.4 Å². The number of hydrogen-bond acceptors (Lipinski definition) is 4. The van der Waals surface area contributed by atoms with Gasteiger partial charge in [0.1, 0.15) is 5.70 Å². The number of nitrogens with one attached hydrogen (secondary N) is 1. The van der Waals surface area contributed by atoms with Crippen molar-refractivity contribution in [2.75, 3.05) is 7.11 Å². The molecule has 0 aromatic heterocycles. The van der Waals surface area contributed by atoms with E-state index in [4.69, 9.17) is 0 Å². The van der Waals surface area contributed by atoms with Crippen LogP contribution in [0.15, 0.2) is 12.3 Å². The summed E-state index contributed by atoms with van der Waals surface area (Å²) in [5, 5.41) is 0. The fourth-order valence-corrected chi connectivity index (χ4v) is 0.295. The fraction of sp³-hybridized carbons (Fsp3) is 0.400. The third-order valence-electron chi connectivity index (χ3n) is 0.732. The van der Waals surface area contributed by atoms with Gasteiger partial charge in [-0.25, -0.2) is 4.79 Å². The van der Waals surface area contributed by atoms with E-state index in [1.165, 1.54) is 14.6 Å². The van der Waals surface area contributed by atoms with Crippen molar-refractivity contribution in [1.82, 2.24) is 5.48 Å². The molecule has 1 radical (unpaired) electrons. The van der Waals surface area contributed by atoms with Gasteiger partial charge in [-0.2, -0.15) is 0 Å². The van der Waals surface area contributed by atoms with Crippen molar-refractivity contribution in [2.24, 2.45) is 0 Å². The van der Waals surface area contributed by atoms with Crippen LogP contribution in [0.3, 0.4) is 0 Å². The van der Waals surface area contributed by atoms with Crippen molar-refractivity contribution in [2.45, 2.75) is 6.82 Å². The van der Waals surface area contributed by atoms with Crippen LogP contribution in [-0.2, 0) is 14.3 Å². The Labute approximate surface area is 60.4 Å². The molecule has 55 valence electrons. The summed E-state index contributed by atoms with van der Waals surface area (Å²) in [5.41, 5.74) is 2.33. The number of carbonyl (C=O) groups is 1. The Morgan fingerprint density at radius 1 is 1.70 bits per heavy atom. The fourth-order valence-electron chi connectivity index (χ4n) is 0.295. The zero-order valence-electron chi connectivity index (χ0n) is 6.01. The summed E-state index contributed by atoms with van der Waals surface area (Å²) in [6.07, 6.45) is 0. The predicted molar refractivity (Wildman–Crippen MR) is 37.0 cm³/mol. The highest BCUT2D eigenvalue weighted by atomic mass is 16.6. The van der Waals surface area contributed by atoms with E-state index in [2.05, 4.69) is 21.6 Å². The van der Waals surface area contributed by atoms with Gasteiger partial charge in [0, 0.05) is 0 Å². The number of hydroxylamine groups is 1. The summed E-state index contributed by atoms with van der Waals surface area (Å²) in [5.74, 6) is -0.540. The van der Waals surface area contributed by atoms with Gasteiger partial charge in [0.15, 0.2) is 0 Å². The van der Waals surface area contributed by atoms with E-state index in [0.717, 1.165) is 0 Å². The first-order valence-electron chi connectivity index (χ1n) is 2.69. The molecule has 0 atom stereocenters. The van der Waals surface area contributed by atoms with Crippen molar-refractivity contribution < 1.29 is 14.3 Å². The molecule has 0 spiro atoms. The van der Waals surface area contributed by atoms with Crippen LogP contribution in [0.4, 0.5) is 0 Å². The van der Waals surface area contributed by atoms with Crippen LogP contribution >= 0.6 is 0 Å². The molecular formula is C5H9BNO3. The average molecular weight is 142 g/mol. The molecule has 10 heavy (non-hydrogen) atoms. The first-order valence-corrected chi connectivity index (χ1v) is 2.69. The molecule has 0 fully saturated rings. The Balaban J connectivity index is 3.52. The van der Waals surface area contributed by atoms with Gasteiger partial charge < -0.3 is 9.49 Å². The SMILES string of the molecule is C=C(NO[B]C)C(=O)OC. The number of carbonyl (C=O) groups excluding carboxylic acids is 1. The van der Waals surface area contributed by atoms with Gasteiger partial charge in [-0.05, 0) is 0 Å². The normalized spacial score (nSPS) is 8.20. The number of rotatable bonds is 4. The van der Waals surface area contributed by atoms with Gasteiger partial charge >= 0.3 is 13.5 Å². The predicted octanol–water partition coefficient (Wildman–Crippen LogP) is -0.138. The second kappa shape index (κ2) is 4.87. The number of methoxy groups -OCH3 is 1. The minimum Gasteiger partial charge on any atom is -0.464 e. The van der Waals surface area contributed by atoms with Crippen molar-refractivity contribution in [3.8, 4) is 0 Å². The molecule has 0 aromatic carbocycles. The Hall–Kier alpha value is -0.965. The largest absolute Gasteiger partial charge is 0.464 e. The molecule has 0 saturated heterocycles. The van der Waals surface area contributed by atoms with Gasteiger partial charge in [-0.3, -0.25) is 5.48 Å². The summed E-state index contributed by atoms with van der Waals surface area (Å²) in [4.78, 5) is 10.5. The topological polar surface area (TPSA) is 47.6 Å². The lowest BCUT2D eigenvalue weighted by atomic mass is 10.1. The molecule has 0 unspecified atom stereocenters. The minimum atomic E-state index is -0.540. The summed E-state index contributed by atoms with van der Waals surface area (Å²) in [7, 11) is 2.65. The minimum absolute atomic E-state index is 0.0700. The summed E-state index contributed by atoms with van der Waals surface area (Å²) >= 11 is 0. The third kappa shape index (κ3) is 3.14. The first-order chi connectivity index (χ1) is 4.72. The van der Waals surface area contributed by atoms with Gasteiger partial charge in [-0.15, -0.1) is 0 Å². The van der Waals surface area contributed by atoms with E-state index < -0.39 is 5.97 Å². The van der Waals surface area contributed by atoms with Crippen molar-refractivity contribution in [3.63, 3.8) is 0 Å². The van der Waals surface area contributed by atoms with E-state index in [0.29, 0.717) is 0 Å². The second-order valence-electron chi connectivity index (χ2n) is 1.43. The highest BCUT2D eigenvalue weighted by Gasteiger charge is 2.03. The first kappa shape index (κ1) is 9.03. The lowest BCUT2D eigenvalue weighted by Gasteiger charge is -2.04. The van der Waals surface area contributed by atoms with E-state index >= 15 is 0 Å². The molecular weight excluding hydrogens is 133 g/mol. The van der Waals surface area contributed by atoms with Crippen molar-refractivity contribution in [1.29, 1.82) is 0 Å². The summed E-state index contributed by atoms with van der Waals surface area (Å²) < 4.78 is 8.86. The number of esters is 1. The highest BCUT2D eigenvalue weighted by Crippen LogP contribution is 1.86. The van der Waals surface area contributed by atoms with Gasteiger partial charge in [0.05, 0.1) is 7.11 Å². The van der Waals surface area contributed by atoms with E-state index in [1.54, 1.807) is 6.82 Å². The van der Waals surface area contributed by atoms with Gasteiger partial charge in [0.25, 0.3) is 0 Å². The molecule has 5 heteroatoms. The number of hydrogen-bond donors (Lipinski definition) is 1. The lowest BCUT2D eigenvalue weighted by molar-refractivity contribution is -0.137. The van der Waals surface area contributed by atoms with Crippen LogP contribution in [0.2, 0.25) is 6.82 Å². The molecule has 0 saturated carbocycles. The van der Waals surface area contributed by atoms with Crippen LogP contribution in [-0.4, -0.2) is 20.6 Å².